The van der Waals surface area contributed by atoms with Crippen molar-refractivity contribution in [2.45, 2.75) is 11.8 Å². The molecule has 0 heterocycles. The van der Waals surface area contributed by atoms with Gasteiger partial charge in [-0.25, -0.2) is 8.42 Å². The SMILES string of the molecule is Cc1ccc(S(=O)(=O)C#Cc2ccc(-c3ccccc3)cc2)cc1. The number of hydrogen-bond acceptors (Lipinski definition) is 2. The lowest BCUT2D eigenvalue weighted by atomic mass is 10.0. The number of rotatable bonds is 2. The Morgan fingerprint density at radius 3 is 1.92 bits per heavy atom. The second kappa shape index (κ2) is 6.74. The van der Waals surface area contributed by atoms with Crippen molar-refractivity contribution in [1.29, 1.82) is 0 Å². The Hall–Kier alpha value is -2.83. The van der Waals surface area contributed by atoms with E-state index in [1.165, 1.54) is 0 Å². The van der Waals surface area contributed by atoms with Crippen molar-refractivity contribution in [3.63, 3.8) is 0 Å². The number of aryl methyl sites for hydroxylation is 1. The molecule has 24 heavy (non-hydrogen) atoms. The van der Waals surface area contributed by atoms with Crippen molar-refractivity contribution >= 4 is 9.84 Å². The van der Waals surface area contributed by atoms with Gasteiger partial charge in [0.25, 0.3) is 0 Å². The minimum Gasteiger partial charge on any atom is -0.210 e. The van der Waals surface area contributed by atoms with Gasteiger partial charge in [-0.2, -0.15) is 0 Å². The van der Waals surface area contributed by atoms with Gasteiger partial charge in [0.05, 0.1) is 4.90 Å². The van der Waals surface area contributed by atoms with Crippen LogP contribution >= 0.6 is 0 Å². The lowest BCUT2D eigenvalue weighted by Crippen LogP contribution is -1.96. The molecule has 0 atom stereocenters. The summed E-state index contributed by atoms with van der Waals surface area (Å²) < 4.78 is 24.5. The van der Waals surface area contributed by atoms with E-state index in [4.69, 9.17) is 0 Å². The van der Waals surface area contributed by atoms with E-state index in [0.29, 0.717) is 5.56 Å². The average Bonchev–Trinajstić information content (AvgIpc) is 2.62. The molecule has 0 aliphatic rings. The first-order chi connectivity index (χ1) is 11.5. The van der Waals surface area contributed by atoms with Gasteiger partial charge in [-0.15, -0.1) is 0 Å². The van der Waals surface area contributed by atoms with Gasteiger partial charge in [-0.1, -0.05) is 60.2 Å². The zero-order valence-electron chi connectivity index (χ0n) is 13.2. The van der Waals surface area contributed by atoms with E-state index in [0.717, 1.165) is 16.7 Å². The summed E-state index contributed by atoms with van der Waals surface area (Å²) in [6, 6.07) is 24.2. The third kappa shape index (κ3) is 3.73. The van der Waals surface area contributed by atoms with Crippen molar-refractivity contribution in [3.8, 4) is 22.3 Å². The zero-order valence-corrected chi connectivity index (χ0v) is 14.0. The van der Waals surface area contributed by atoms with Crippen molar-refractivity contribution in [3.05, 3.63) is 90.0 Å². The Labute approximate surface area is 142 Å². The lowest BCUT2D eigenvalue weighted by Gasteiger charge is -2.01. The second-order valence-electron chi connectivity index (χ2n) is 5.49. The molecule has 0 amide bonds. The van der Waals surface area contributed by atoms with Crippen LogP contribution in [0.5, 0.6) is 0 Å². The molecule has 118 valence electrons. The molecule has 0 unspecified atom stereocenters. The normalized spacial score (nSPS) is 10.7. The predicted molar refractivity (Wildman–Crippen MR) is 97.1 cm³/mol. The fourth-order valence-corrected chi connectivity index (χ4v) is 3.14. The van der Waals surface area contributed by atoms with Crippen LogP contribution in [0.4, 0.5) is 0 Å². The van der Waals surface area contributed by atoms with Crippen LogP contribution < -0.4 is 0 Å². The van der Waals surface area contributed by atoms with Gasteiger partial charge in [0.1, 0.15) is 0 Å². The standard InChI is InChI=1S/C21H16O2S/c1-17-7-13-21(14-8-17)24(22,23)16-15-18-9-11-20(12-10-18)19-5-3-2-4-6-19/h2-14H,1H3. The Kier molecular flexibility index (Phi) is 4.50. The molecule has 0 saturated heterocycles. The Bertz CT molecular complexity index is 989. The summed E-state index contributed by atoms with van der Waals surface area (Å²) in [5.74, 6) is 2.74. The molecule has 0 spiro atoms. The summed E-state index contributed by atoms with van der Waals surface area (Å²) in [7, 11) is -3.60. The summed E-state index contributed by atoms with van der Waals surface area (Å²) >= 11 is 0. The van der Waals surface area contributed by atoms with Gasteiger partial charge in [0.2, 0.25) is 9.84 Å². The van der Waals surface area contributed by atoms with Gasteiger partial charge >= 0.3 is 0 Å². The summed E-state index contributed by atoms with van der Waals surface area (Å²) in [4.78, 5) is 0.224. The lowest BCUT2D eigenvalue weighted by molar-refractivity contribution is 0.606. The van der Waals surface area contributed by atoms with Crippen molar-refractivity contribution < 1.29 is 8.42 Å². The maximum absolute atomic E-state index is 12.2. The van der Waals surface area contributed by atoms with Crippen LogP contribution in [0, 0.1) is 18.1 Å². The molecule has 0 radical (unpaired) electrons. The summed E-state index contributed by atoms with van der Waals surface area (Å²) in [6.07, 6.45) is 0. The van der Waals surface area contributed by atoms with Crippen LogP contribution in [0.15, 0.2) is 83.8 Å². The number of hydrogen-bond donors (Lipinski definition) is 0. The highest BCUT2D eigenvalue weighted by Gasteiger charge is 2.09. The molecule has 0 N–H and O–H groups in total. The van der Waals surface area contributed by atoms with Crippen LogP contribution in [0.25, 0.3) is 11.1 Å². The molecule has 2 nitrogen and oxygen atoms in total. The minimum atomic E-state index is -3.60. The fourth-order valence-electron chi connectivity index (χ4n) is 2.28. The average molecular weight is 332 g/mol. The molecular formula is C21H16O2S. The molecule has 3 heteroatoms. The van der Waals surface area contributed by atoms with Crippen LogP contribution in [-0.2, 0) is 9.84 Å². The van der Waals surface area contributed by atoms with E-state index in [2.05, 4.69) is 11.2 Å². The quantitative estimate of drug-likeness (QED) is 0.650. The van der Waals surface area contributed by atoms with Crippen LogP contribution in [0.3, 0.4) is 0 Å². The number of sulfone groups is 1. The van der Waals surface area contributed by atoms with Crippen LogP contribution in [0.2, 0.25) is 0 Å². The van der Waals surface area contributed by atoms with Gasteiger partial charge in [-0.3, -0.25) is 0 Å². The Morgan fingerprint density at radius 2 is 1.29 bits per heavy atom. The van der Waals surface area contributed by atoms with E-state index in [1.54, 1.807) is 24.3 Å². The van der Waals surface area contributed by atoms with Gasteiger partial charge in [0, 0.05) is 10.8 Å². The zero-order chi connectivity index (χ0) is 17.0. The van der Waals surface area contributed by atoms with Crippen LogP contribution in [-0.4, -0.2) is 8.42 Å². The molecule has 0 aromatic heterocycles. The molecule has 3 rings (SSSR count). The largest absolute Gasteiger partial charge is 0.245 e. The molecule has 0 aliphatic carbocycles. The maximum Gasteiger partial charge on any atom is 0.245 e. The van der Waals surface area contributed by atoms with Crippen molar-refractivity contribution in [2.24, 2.45) is 0 Å². The third-order valence-corrected chi connectivity index (χ3v) is 4.92. The molecular weight excluding hydrogens is 316 g/mol. The fraction of sp³-hybridized carbons (Fsp3) is 0.0476. The maximum atomic E-state index is 12.2. The van der Waals surface area contributed by atoms with Gasteiger partial charge < -0.3 is 0 Å². The first-order valence-electron chi connectivity index (χ1n) is 7.54. The first kappa shape index (κ1) is 16.0. The van der Waals surface area contributed by atoms with E-state index in [9.17, 15) is 8.42 Å². The Morgan fingerprint density at radius 1 is 0.708 bits per heavy atom. The van der Waals surface area contributed by atoms with Gasteiger partial charge in [0.15, 0.2) is 0 Å². The second-order valence-corrected chi connectivity index (χ2v) is 7.17. The molecule has 0 saturated carbocycles. The van der Waals surface area contributed by atoms with E-state index in [1.807, 2.05) is 61.5 Å². The Balaban J connectivity index is 1.84. The summed E-state index contributed by atoms with van der Waals surface area (Å²) in [5, 5.41) is 2.39. The highest BCUT2D eigenvalue weighted by atomic mass is 32.2. The molecule has 3 aromatic carbocycles. The monoisotopic (exact) mass is 332 g/mol. The predicted octanol–water partition coefficient (Wildman–Crippen LogP) is 4.44. The minimum absolute atomic E-state index is 0.224. The van der Waals surface area contributed by atoms with Crippen molar-refractivity contribution in [1.82, 2.24) is 0 Å². The van der Waals surface area contributed by atoms with Gasteiger partial charge in [-0.05, 0) is 48.2 Å². The molecule has 0 aliphatic heterocycles. The van der Waals surface area contributed by atoms with E-state index in [-0.39, 0.29) is 4.90 Å². The highest BCUT2D eigenvalue weighted by molar-refractivity contribution is 7.96. The molecule has 0 fully saturated rings. The van der Waals surface area contributed by atoms with E-state index < -0.39 is 9.84 Å². The molecule has 3 aromatic rings. The smallest absolute Gasteiger partial charge is 0.210 e. The first-order valence-corrected chi connectivity index (χ1v) is 9.03. The third-order valence-electron chi connectivity index (χ3n) is 3.65. The van der Waals surface area contributed by atoms with Crippen molar-refractivity contribution in [2.75, 3.05) is 0 Å². The highest BCUT2D eigenvalue weighted by Crippen LogP contribution is 2.19. The molecule has 0 bridgehead atoms. The van der Waals surface area contributed by atoms with Crippen LogP contribution in [0.1, 0.15) is 11.1 Å². The summed E-state index contributed by atoms with van der Waals surface area (Å²) in [6.45, 7) is 1.91. The number of benzene rings is 3. The van der Waals surface area contributed by atoms with E-state index >= 15 is 0 Å². The topological polar surface area (TPSA) is 34.1 Å². The summed E-state index contributed by atoms with van der Waals surface area (Å²) in [5.41, 5.74) is 3.87.